The highest BCUT2D eigenvalue weighted by Crippen LogP contribution is 2.19. The van der Waals surface area contributed by atoms with Gasteiger partial charge in [-0.2, -0.15) is 0 Å². The van der Waals surface area contributed by atoms with Crippen molar-refractivity contribution in [2.45, 2.75) is 19.4 Å². The summed E-state index contributed by atoms with van der Waals surface area (Å²) in [6.07, 6.45) is 0.767. The number of amides is 1. The van der Waals surface area contributed by atoms with Crippen molar-refractivity contribution < 1.29 is 4.79 Å². The van der Waals surface area contributed by atoms with Crippen molar-refractivity contribution in [2.24, 2.45) is 0 Å². The second-order valence-electron chi connectivity index (χ2n) is 5.30. The van der Waals surface area contributed by atoms with Gasteiger partial charge in [0.2, 0.25) is 5.91 Å². The molecule has 0 bridgehead atoms. The Balaban J connectivity index is 1.97. The van der Waals surface area contributed by atoms with E-state index in [-0.39, 0.29) is 11.9 Å². The molecule has 21 heavy (non-hydrogen) atoms. The van der Waals surface area contributed by atoms with Gasteiger partial charge < -0.3 is 5.32 Å². The van der Waals surface area contributed by atoms with Crippen LogP contribution in [0.4, 0.5) is 0 Å². The quantitative estimate of drug-likeness (QED) is 0.891. The molecule has 1 aromatic carbocycles. The molecule has 1 heterocycles. The summed E-state index contributed by atoms with van der Waals surface area (Å²) < 4.78 is 0. The number of nitrogens with zero attached hydrogens (tertiary/aromatic N) is 2. The van der Waals surface area contributed by atoms with Gasteiger partial charge in [0.05, 0.1) is 11.2 Å². The van der Waals surface area contributed by atoms with E-state index in [2.05, 4.69) is 10.3 Å². The molecule has 1 N–H and O–H groups in total. The maximum Gasteiger partial charge on any atom is 0.241 e. The molecule has 2 rings (SSSR count). The van der Waals surface area contributed by atoms with Crippen molar-refractivity contribution in [2.75, 3.05) is 20.6 Å². The van der Waals surface area contributed by atoms with Gasteiger partial charge in [-0.05, 0) is 26.6 Å². The second kappa shape index (κ2) is 7.33. The molecule has 1 aromatic heterocycles. The first-order chi connectivity index (χ1) is 10.1. The number of aryl methyl sites for hydroxylation is 1. The van der Waals surface area contributed by atoms with Crippen LogP contribution in [0.2, 0.25) is 0 Å². The van der Waals surface area contributed by atoms with Gasteiger partial charge in [-0.3, -0.25) is 9.69 Å². The van der Waals surface area contributed by atoms with E-state index < -0.39 is 0 Å². The Bertz CT molecular complexity index is 564. The van der Waals surface area contributed by atoms with Gasteiger partial charge in [0.25, 0.3) is 0 Å². The number of nitrogens with one attached hydrogen (secondary N) is 1. The standard InChI is InChI=1S/C16H21N3OS/c1-12-4-6-13(7-5-12)15(19(2)3)16(20)17-9-8-14-10-21-11-18-14/h4-7,10-11,15H,8-9H2,1-3H3,(H,17,20)/t15-/m0/s1. The van der Waals surface area contributed by atoms with Crippen LogP contribution < -0.4 is 5.32 Å². The van der Waals surface area contributed by atoms with Crippen molar-refractivity contribution in [3.63, 3.8) is 0 Å². The van der Waals surface area contributed by atoms with E-state index in [0.717, 1.165) is 17.7 Å². The summed E-state index contributed by atoms with van der Waals surface area (Å²) in [7, 11) is 3.84. The zero-order valence-electron chi connectivity index (χ0n) is 12.7. The summed E-state index contributed by atoms with van der Waals surface area (Å²) in [5.74, 6) is 0.0269. The van der Waals surface area contributed by atoms with E-state index in [0.29, 0.717) is 6.54 Å². The number of carbonyl (C=O) groups is 1. The summed E-state index contributed by atoms with van der Waals surface area (Å²) in [6.45, 7) is 2.65. The SMILES string of the molecule is Cc1ccc([C@@H](C(=O)NCCc2cscn2)N(C)C)cc1. The predicted octanol–water partition coefficient (Wildman–Crippen LogP) is 2.41. The number of likely N-dealkylation sites (N-methyl/N-ethyl adjacent to an activating group) is 1. The minimum absolute atomic E-state index is 0.0269. The highest BCUT2D eigenvalue weighted by molar-refractivity contribution is 7.07. The molecule has 0 aliphatic rings. The summed E-state index contributed by atoms with van der Waals surface area (Å²) in [5, 5.41) is 5.01. The summed E-state index contributed by atoms with van der Waals surface area (Å²) >= 11 is 1.58. The molecule has 1 amide bonds. The van der Waals surface area contributed by atoms with Crippen LogP contribution in [-0.2, 0) is 11.2 Å². The molecule has 5 heteroatoms. The number of aromatic nitrogens is 1. The molecule has 1 atom stereocenters. The Morgan fingerprint density at radius 3 is 2.62 bits per heavy atom. The van der Waals surface area contributed by atoms with Crippen LogP contribution in [0, 0.1) is 6.92 Å². The maximum absolute atomic E-state index is 12.4. The van der Waals surface area contributed by atoms with Crippen LogP contribution in [0.25, 0.3) is 0 Å². The fourth-order valence-corrected chi connectivity index (χ4v) is 2.80. The maximum atomic E-state index is 12.4. The van der Waals surface area contributed by atoms with Crippen molar-refractivity contribution in [1.82, 2.24) is 15.2 Å². The van der Waals surface area contributed by atoms with Gasteiger partial charge in [-0.1, -0.05) is 29.8 Å². The van der Waals surface area contributed by atoms with Crippen LogP contribution in [0.1, 0.15) is 22.9 Å². The Morgan fingerprint density at radius 1 is 1.33 bits per heavy atom. The van der Waals surface area contributed by atoms with E-state index in [1.165, 1.54) is 5.56 Å². The van der Waals surface area contributed by atoms with E-state index in [9.17, 15) is 4.79 Å². The van der Waals surface area contributed by atoms with E-state index in [4.69, 9.17) is 0 Å². The Kier molecular flexibility index (Phi) is 5.47. The normalized spacial score (nSPS) is 12.4. The average Bonchev–Trinajstić information content (AvgIpc) is 2.94. The third-order valence-electron chi connectivity index (χ3n) is 3.32. The molecule has 4 nitrogen and oxygen atoms in total. The molecule has 0 spiro atoms. The minimum Gasteiger partial charge on any atom is -0.354 e. The van der Waals surface area contributed by atoms with Crippen LogP contribution in [0.15, 0.2) is 35.2 Å². The fraction of sp³-hybridized carbons (Fsp3) is 0.375. The van der Waals surface area contributed by atoms with E-state index in [1.54, 1.807) is 11.3 Å². The van der Waals surface area contributed by atoms with Gasteiger partial charge in [0.15, 0.2) is 0 Å². The minimum atomic E-state index is -0.263. The Morgan fingerprint density at radius 2 is 2.05 bits per heavy atom. The third kappa shape index (κ3) is 4.37. The molecule has 0 radical (unpaired) electrons. The van der Waals surface area contributed by atoms with Gasteiger partial charge in [0.1, 0.15) is 6.04 Å². The number of rotatable bonds is 6. The highest BCUT2D eigenvalue weighted by Gasteiger charge is 2.22. The number of benzene rings is 1. The smallest absolute Gasteiger partial charge is 0.241 e. The lowest BCUT2D eigenvalue weighted by atomic mass is 10.0. The van der Waals surface area contributed by atoms with Crippen LogP contribution in [0.5, 0.6) is 0 Å². The van der Waals surface area contributed by atoms with E-state index >= 15 is 0 Å². The third-order valence-corrected chi connectivity index (χ3v) is 3.96. The molecular weight excluding hydrogens is 282 g/mol. The van der Waals surface area contributed by atoms with Crippen LogP contribution in [-0.4, -0.2) is 36.4 Å². The largest absolute Gasteiger partial charge is 0.354 e. The average molecular weight is 303 g/mol. The molecule has 2 aromatic rings. The Hall–Kier alpha value is -1.72. The first-order valence-electron chi connectivity index (χ1n) is 6.95. The predicted molar refractivity (Wildman–Crippen MR) is 86.4 cm³/mol. The molecule has 0 aliphatic heterocycles. The molecule has 112 valence electrons. The lowest BCUT2D eigenvalue weighted by Gasteiger charge is -2.24. The zero-order valence-corrected chi connectivity index (χ0v) is 13.5. The second-order valence-corrected chi connectivity index (χ2v) is 6.02. The monoisotopic (exact) mass is 303 g/mol. The van der Waals surface area contributed by atoms with Crippen molar-refractivity contribution in [3.8, 4) is 0 Å². The summed E-state index contributed by atoms with van der Waals surface area (Å²) in [4.78, 5) is 18.6. The first-order valence-corrected chi connectivity index (χ1v) is 7.90. The summed E-state index contributed by atoms with van der Waals surface area (Å²) in [6, 6.07) is 7.84. The topological polar surface area (TPSA) is 45.2 Å². The van der Waals surface area contributed by atoms with Gasteiger partial charge >= 0.3 is 0 Å². The zero-order chi connectivity index (χ0) is 15.2. The lowest BCUT2D eigenvalue weighted by Crippen LogP contribution is -2.37. The molecule has 0 aliphatic carbocycles. The highest BCUT2D eigenvalue weighted by atomic mass is 32.1. The van der Waals surface area contributed by atoms with Crippen molar-refractivity contribution in [3.05, 3.63) is 52.0 Å². The van der Waals surface area contributed by atoms with E-state index in [1.807, 2.05) is 61.1 Å². The number of hydrogen-bond donors (Lipinski definition) is 1. The van der Waals surface area contributed by atoms with Gasteiger partial charge in [-0.15, -0.1) is 11.3 Å². The van der Waals surface area contributed by atoms with Crippen LogP contribution in [0.3, 0.4) is 0 Å². The van der Waals surface area contributed by atoms with Gasteiger partial charge in [-0.25, -0.2) is 4.98 Å². The van der Waals surface area contributed by atoms with Crippen LogP contribution >= 0.6 is 11.3 Å². The molecule has 0 saturated heterocycles. The number of hydrogen-bond acceptors (Lipinski definition) is 4. The molecule has 0 saturated carbocycles. The molecule has 0 fully saturated rings. The summed E-state index contributed by atoms with van der Waals surface area (Å²) in [5.41, 5.74) is 5.04. The molecule has 0 unspecified atom stereocenters. The first kappa shape index (κ1) is 15.7. The fourth-order valence-electron chi connectivity index (χ4n) is 2.20. The molecular formula is C16H21N3OS. The Labute approximate surface area is 129 Å². The number of carbonyl (C=O) groups excluding carboxylic acids is 1. The van der Waals surface area contributed by atoms with Crippen molar-refractivity contribution in [1.29, 1.82) is 0 Å². The van der Waals surface area contributed by atoms with Gasteiger partial charge in [0, 0.05) is 18.3 Å². The number of thiazole rings is 1. The lowest BCUT2D eigenvalue weighted by molar-refractivity contribution is -0.125. The van der Waals surface area contributed by atoms with Crippen molar-refractivity contribution >= 4 is 17.2 Å².